The molecule has 4 rings (SSSR count). The van der Waals surface area contributed by atoms with Crippen LogP contribution in [0.5, 0.6) is 0 Å². The van der Waals surface area contributed by atoms with Gasteiger partial charge in [0.1, 0.15) is 17.8 Å². The van der Waals surface area contributed by atoms with E-state index in [1.165, 1.54) is 0 Å². The molecule has 0 radical (unpaired) electrons. The smallest absolute Gasteiger partial charge is 0.254 e. The van der Waals surface area contributed by atoms with Crippen LogP contribution in [0.15, 0.2) is 42.7 Å². The SMILES string of the molecule is CC(CO)n1cnnc1-c1cccc(Nc2cccc3c2C(=O)NC3)n1. The summed E-state index contributed by atoms with van der Waals surface area (Å²) in [6.45, 7) is 2.40. The van der Waals surface area contributed by atoms with Crippen molar-refractivity contribution in [2.24, 2.45) is 0 Å². The van der Waals surface area contributed by atoms with Gasteiger partial charge in [-0.2, -0.15) is 0 Å². The third kappa shape index (κ3) is 2.80. The number of amides is 1. The zero-order valence-electron chi connectivity index (χ0n) is 14.2. The Balaban J connectivity index is 1.67. The molecular weight excluding hydrogens is 332 g/mol. The molecular formula is C18H18N6O2. The van der Waals surface area contributed by atoms with Gasteiger partial charge in [0.15, 0.2) is 5.82 Å². The van der Waals surface area contributed by atoms with Crippen LogP contribution in [-0.2, 0) is 6.54 Å². The molecule has 1 aliphatic heterocycles. The van der Waals surface area contributed by atoms with Crippen molar-refractivity contribution in [2.45, 2.75) is 19.5 Å². The number of nitrogens with one attached hydrogen (secondary N) is 2. The van der Waals surface area contributed by atoms with Gasteiger partial charge in [0, 0.05) is 6.54 Å². The molecule has 0 fully saturated rings. The van der Waals surface area contributed by atoms with Crippen molar-refractivity contribution in [3.8, 4) is 11.5 Å². The number of pyridine rings is 1. The van der Waals surface area contributed by atoms with E-state index in [1.54, 1.807) is 10.9 Å². The van der Waals surface area contributed by atoms with Gasteiger partial charge < -0.3 is 20.3 Å². The van der Waals surface area contributed by atoms with Gasteiger partial charge in [-0.3, -0.25) is 4.79 Å². The van der Waals surface area contributed by atoms with Gasteiger partial charge in [-0.15, -0.1) is 10.2 Å². The topological polar surface area (TPSA) is 105 Å². The molecule has 1 aromatic carbocycles. The molecule has 2 aromatic heterocycles. The molecule has 0 aliphatic carbocycles. The first-order valence-corrected chi connectivity index (χ1v) is 8.32. The van der Waals surface area contributed by atoms with Gasteiger partial charge in [0.25, 0.3) is 5.91 Å². The Hall–Kier alpha value is -3.26. The number of hydrogen-bond acceptors (Lipinski definition) is 6. The fourth-order valence-corrected chi connectivity index (χ4v) is 2.99. The highest BCUT2D eigenvalue weighted by molar-refractivity contribution is 6.04. The lowest BCUT2D eigenvalue weighted by Gasteiger charge is -2.13. The highest BCUT2D eigenvalue weighted by Gasteiger charge is 2.22. The summed E-state index contributed by atoms with van der Waals surface area (Å²) in [4.78, 5) is 16.7. The van der Waals surface area contributed by atoms with E-state index < -0.39 is 0 Å². The molecule has 0 spiro atoms. The van der Waals surface area contributed by atoms with Crippen molar-refractivity contribution in [2.75, 3.05) is 11.9 Å². The molecule has 1 atom stereocenters. The Morgan fingerprint density at radius 2 is 2.15 bits per heavy atom. The van der Waals surface area contributed by atoms with E-state index in [4.69, 9.17) is 0 Å². The molecule has 3 heterocycles. The second-order valence-corrected chi connectivity index (χ2v) is 6.15. The second kappa shape index (κ2) is 6.57. The maximum Gasteiger partial charge on any atom is 0.254 e. The predicted molar refractivity (Wildman–Crippen MR) is 95.9 cm³/mol. The largest absolute Gasteiger partial charge is 0.394 e. The number of carbonyl (C=O) groups is 1. The van der Waals surface area contributed by atoms with Gasteiger partial charge in [-0.05, 0) is 30.7 Å². The summed E-state index contributed by atoms with van der Waals surface area (Å²) in [5, 5.41) is 23.5. The molecule has 3 aromatic rings. The first-order chi connectivity index (χ1) is 12.7. The quantitative estimate of drug-likeness (QED) is 0.649. The van der Waals surface area contributed by atoms with Crippen LogP contribution in [0.4, 0.5) is 11.5 Å². The average molecular weight is 350 g/mol. The highest BCUT2D eigenvalue weighted by atomic mass is 16.3. The number of carbonyl (C=O) groups excluding carboxylic acids is 1. The first-order valence-electron chi connectivity index (χ1n) is 8.32. The van der Waals surface area contributed by atoms with Crippen LogP contribution in [0.1, 0.15) is 28.9 Å². The average Bonchev–Trinajstić information content (AvgIpc) is 3.29. The highest BCUT2D eigenvalue weighted by Crippen LogP contribution is 2.27. The van der Waals surface area contributed by atoms with E-state index in [0.717, 1.165) is 5.56 Å². The third-order valence-electron chi connectivity index (χ3n) is 4.37. The zero-order chi connectivity index (χ0) is 18.1. The van der Waals surface area contributed by atoms with Crippen molar-refractivity contribution < 1.29 is 9.90 Å². The van der Waals surface area contributed by atoms with Crippen LogP contribution in [0.3, 0.4) is 0 Å². The molecule has 0 saturated carbocycles. The number of aromatic nitrogens is 4. The molecule has 132 valence electrons. The van der Waals surface area contributed by atoms with Gasteiger partial charge in [-0.1, -0.05) is 18.2 Å². The van der Waals surface area contributed by atoms with E-state index in [-0.39, 0.29) is 18.6 Å². The van der Waals surface area contributed by atoms with E-state index in [2.05, 4.69) is 25.8 Å². The standard InChI is InChI=1S/C18H18N6O2/c1-11(9-25)24-10-20-23-17(24)14-6-3-7-15(22-14)21-13-5-2-4-12-8-19-18(26)16(12)13/h2-7,10-11,25H,8-9H2,1H3,(H,19,26)(H,21,22). The van der Waals surface area contributed by atoms with Crippen LogP contribution >= 0.6 is 0 Å². The minimum absolute atomic E-state index is 0.0196. The first kappa shape index (κ1) is 16.2. The predicted octanol–water partition coefficient (Wildman–Crippen LogP) is 1.88. The van der Waals surface area contributed by atoms with Gasteiger partial charge in [0.05, 0.1) is 23.9 Å². The molecule has 8 nitrogen and oxygen atoms in total. The number of benzene rings is 1. The summed E-state index contributed by atoms with van der Waals surface area (Å²) in [6, 6.07) is 11.1. The minimum atomic E-state index is -0.153. The Bertz CT molecular complexity index is 968. The third-order valence-corrected chi connectivity index (χ3v) is 4.37. The Kier molecular flexibility index (Phi) is 4.10. The summed E-state index contributed by atoms with van der Waals surface area (Å²) in [5.74, 6) is 1.09. The maximum atomic E-state index is 12.1. The van der Waals surface area contributed by atoms with Gasteiger partial charge in [0.2, 0.25) is 0 Å². The number of anilines is 2. The summed E-state index contributed by atoms with van der Waals surface area (Å²) in [6.07, 6.45) is 1.58. The fraction of sp³-hybridized carbons (Fsp3) is 0.222. The molecule has 1 aliphatic rings. The Morgan fingerprint density at radius 1 is 1.31 bits per heavy atom. The summed E-state index contributed by atoms with van der Waals surface area (Å²) in [7, 11) is 0. The second-order valence-electron chi connectivity index (χ2n) is 6.15. The summed E-state index contributed by atoms with van der Waals surface area (Å²) in [5.41, 5.74) is 2.96. The number of hydrogen-bond donors (Lipinski definition) is 3. The number of aliphatic hydroxyl groups is 1. The summed E-state index contributed by atoms with van der Waals surface area (Å²) < 4.78 is 1.78. The van der Waals surface area contributed by atoms with Crippen LogP contribution in [0, 0.1) is 0 Å². The van der Waals surface area contributed by atoms with Crippen molar-refractivity contribution in [3.63, 3.8) is 0 Å². The number of fused-ring (bicyclic) bond motifs is 1. The number of aliphatic hydroxyl groups excluding tert-OH is 1. The normalized spacial score (nSPS) is 14.0. The Labute approximate surface area is 149 Å². The minimum Gasteiger partial charge on any atom is -0.394 e. The van der Waals surface area contributed by atoms with Crippen LogP contribution in [0.25, 0.3) is 11.5 Å². The van der Waals surface area contributed by atoms with Gasteiger partial charge in [-0.25, -0.2) is 4.98 Å². The Morgan fingerprint density at radius 3 is 3.00 bits per heavy atom. The molecule has 3 N–H and O–H groups in total. The van der Waals surface area contributed by atoms with Crippen molar-refractivity contribution in [1.82, 2.24) is 25.1 Å². The van der Waals surface area contributed by atoms with E-state index >= 15 is 0 Å². The van der Waals surface area contributed by atoms with Crippen LogP contribution in [0.2, 0.25) is 0 Å². The van der Waals surface area contributed by atoms with Gasteiger partial charge >= 0.3 is 0 Å². The van der Waals surface area contributed by atoms with E-state index in [0.29, 0.717) is 35.1 Å². The molecule has 0 saturated heterocycles. The van der Waals surface area contributed by atoms with Crippen molar-refractivity contribution >= 4 is 17.4 Å². The van der Waals surface area contributed by atoms with E-state index in [9.17, 15) is 9.90 Å². The number of rotatable bonds is 5. The number of nitrogens with zero attached hydrogens (tertiary/aromatic N) is 4. The summed E-state index contributed by atoms with van der Waals surface area (Å²) >= 11 is 0. The van der Waals surface area contributed by atoms with E-state index in [1.807, 2.05) is 43.3 Å². The molecule has 0 bridgehead atoms. The van der Waals surface area contributed by atoms with Crippen LogP contribution in [-0.4, -0.2) is 37.4 Å². The maximum absolute atomic E-state index is 12.1. The lowest BCUT2D eigenvalue weighted by atomic mass is 10.1. The monoisotopic (exact) mass is 350 g/mol. The lowest BCUT2D eigenvalue weighted by molar-refractivity contribution is 0.0966. The van der Waals surface area contributed by atoms with Crippen LogP contribution < -0.4 is 10.6 Å². The fourth-order valence-electron chi connectivity index (χ4n) is 2.99. The lowest BCUT2D eigenvalue weighted by Crippen LogP contribution is -2.13. The van der Waals surface area contributed by atoms with Crippen molar-refractivity contribution in [1.29, 1.82) is 0 Å². The molecule has 8 heteroatoms. The molecule has 1 unspecified atom stereocenters. The molecule has 1 amide bonds. The zero-order valence-corrected chi connectivity index (χ0v) is 14.2. The van der Waals surface area contributed by atoms with Crippen molar-refractivity contribution in [3.05, 3.63) is 53.9 Å². The molecule has 26 heavy (non-hydrogen) atoms.